The number of nitrogens with one attached hydrogen (secondary N) is 1. The van der Waals surface area contributed by atoms with E-state index in [1.165, 1.54) is 6.33 Å². The van der Waals surface area contributed by atoms with E-state index in [4.69, 9.17) is 0 Å². The second-order valence-corrected chi connectivity index (χ2v) is 11.0. The summed E-state index contributed by atoms with van der Waals surface area (Å²) in [5.41, 5.74) is 2.70. The van der Waals surface area contributed by atoms with Gasteiger partial charge >= 0.3 is 0 Å². The van der Waals surface area contributed by atoms with Crippen LogP contribution in [0.3, 0.4) is 0 Å². The van der Waals surface area contributed by atoms with Crippen LogP contribution in [-0.4, -0.2) is 74.8 Å². The summed E-state index contributed by atoms with van der Waals surface area (Å²) in [6, 6.07) is 18.2. The molecule has 2 fully saturated rings. The molecule has 1 aromatic heterocycles. The molecule has 3 aliphatic rings. The van der Waals surface area contributed by atoms with E-state index in [0.29, 0.717) is 38.4 Å². The van der Waals surface area contributed by atoms with E-state index in [9.17, 15) is 14.4 Å². The Morgan fingerprint density at radius 2 is 1.69 bits per heavy atom. The van der Waals surface area contributed by atoms with Crippen LogP contribution in [0.4, 0.5) is 5.69 Å². The van der Waals surface area contributed by atoms with Gasteiger partial charge in [-0.25, -0.2) is 4.98 Å². The van der Waals surface area contributed by atoms with E-state index >= 15 is 0 Å². The zero-order chi connectivity index (χ0) is 27.1. The Morgan fingerprint density at radius 3 is 2.36 bits per heavy atom. The molecule has 1 N–H and O–H groups in total. The van der Waals surface area contributed by atoms with Crippen molar-refractivity contribution >= 4 is 23.4 Å². The molecule has 39 heavy (non-hydrogen) atoms. The lowest BCUT2D eigenvalue weighted by molar-refractivity contribution is -0.133. The Kier molecular flexibility index (Phi) is 6.37. The van der Waals surface area contributed by atoms with E-state index in [0.717, 1.165) is 29.7 Å². The molecule has 3 amide bonds. The van der Waals surface area contributed by atoms with Gasteiger partial charge in [-0.2, -0.15) is 0 Å². The van der Waals surface area contributed by atoms with Crippen molar-refractivity contribution in [1.29, 1.82) is 0 Å². The van der Waals surface area contributed by atoms with Crippen molar-refractivity contribution in [3.63, 3.8) is 0 Å². The molecule has 0 unspecified atom stereocenters. The van der Waals surface area contributed by atoms with E-state index in [1.54, 1.807) is 14.4 Å². The van der Waals surface area contributed by atoms with Gasteiger partial charge in [0.15, 0.2) is 5.69 Å². The molecular formula is C30H34N6O3. The van der Waals surface area contributed by atoms with Crippen molar-refractivity contribution < 1.29 is 14.4 Å². The summed E-state index contributed by atoms with van der Waals surface area (Å²) in [6.07, 6.45) is 3.24. The van der Waals surface area contributed by atoms with Gasteiger partial charge in [-0.3, -0.25) is 14.4 Å². The summed E-state index contributed by atoms with van der Waals surface area (Å²) in [5.74, 6) is -0.721. The number of nitrogens with zero attached hydrogens (tertiary/aromatic N) is 5. The fraction of sp³-hybridized carbons (Fsp3) is 0.400. The third-order valence-electron chi connectivity index (χ3n) is 8.13. The molecule has 0 radical (unpaired) electrons. The monoisotopic (exact) mass is 526 g/mol. The molecule has 1 saturated heterocycles. The fourth-order valence-corrected chi connectivity index (χ4v) is 5.75. The zero-order valence-corrected chi connectivity index (χ0v) is 22.5. The standard InChI is InChI=1S/C30H34N6O3/c1-21-8-10-22(11-9-21)18-31-29(39)30(2)19-35-20-32-25(26(35)28(38)36(30)24-12-13-24)27(37)34-16-14-33(15-17-34)23-6-4-3-5-7-23/h3-11,20,24H,12-19H2,1-2H3,(H,31,39)/t30-/m1/s1. The van der Waals surface area contributed by atoms with Crippen LogP contribution in [0.2, 0.25) is 0 Å². The number of hydrogen-bond donors (Lipinski definition) is 1. The quantitative estimate of drug-likeness (QED) is 0.534. The molecule has 9 nitrogen and oxygen atoms in total. The van der Waals surface area contributed by atoms with Crippen LogP contribution >= 0.6 is 0 Å². The van der Waals surface area contributed by atoms with Crippen molar-refractivity contribution in [2.45, 2.75) is 51.4 Å². The first-order valence-corrected chi connectivity index (χ1v) is 13.7. The van der Waals surface area contributed by atoms with Gasteiger partial charge in [0.05, 0.1) is 12.9 Å². The van der Waals surface area contributed by atoms with Crippen LogP contribution in [0.25, 0.3) is 0 Å². The Balaban J connectivity index is 1.19. The lowest BCUT2D eigenvalue weighted by atomic mass is 9.93. The predicted molar refractivity (Wildman–Crippen MR) is 147 cm³/mol. The van der Waals surface area contributed by atoms with Crippen molar-refractivity contribution in [3.05, 3.63) is 83.4 Å². The van der Waals surface area contributed by atoms with E-state index in [2.05, 4.69) is 27.3 Å². The molecule has 1 saturated carbocycles. The van der Waals surface area contributed by atoms with Gasteiger partial charge in [0, 0.05) is 44.5 Å². The van der Waals surface area contributed by atoms with Crippen LogP contribution in [0.15, 0.2) is 60.9 Å². The molecule has 3 aromatic rings. The van der Waals surface area contributed by atoms with Gasteiger partial charge in [-0.15, -0.1) is 0 Å². The molecule has 6 rings (SSSR count). The third kappa shape index (κ3) is 4.66. The number of anilines is 1. The molecule has 1 aliphatic carbocycles. The second kappa shape index (κ2) is 9.87. The Labute approximate surface area is 228 Å². The predicted octanol–water partition coefficient (Wildman–Crippen LogP) is 2.85. The molecule has 2 aromatic carbocycles. The second-order valence-electron chi connectivity index (χ2n) is 11.0. The Bertz CT molecular complexity index is 1390. The molecular weight excluding hydrogens is 492 g/mol. The summed E-state index contributed by atoms with van der Waals surface area (Å²) in [5, 5.41) is 3.05. The van der Waals surface area contributed by atoms with Crippen LogP contribution < -0.4 is 10.2 Å². The third-order valence-corrected chi connectivity index (χ3v) is 8.13. The van der Waals surface area contributed by atoms with E-state index in [1.807, 2.05) is 56.3 Å². The summed E-state index contributed by atoms with van der Waals surface area (Å²) in [4.78, 5) is 51.3. The number of imidazole rings is 1. The first kappa shape index (κ1) is 25.2. The number of aryl methyl sites for hydroxylation is 1. The summed E-state index contributed by atoms with van der Waals surface area (Å²) in [7, 11) is 0. The largest absolute Gasteiger partial charge is 0.368 e. The van der Waals surface area contributed by atoms with Gasteiger partial charge in [-0.1, -0.05) is 48.0 Å². The Hall–Kier alpha value is -4.14. The number of rotatable bonds is 6. The molecule has 0 spiro atoms. The first-order valence-electron chi connectivity index (χ1n) is 13.7. The van der Waals surface area contributed by atoms with Crippen molar-refractivity contribution in [2.75, 3.05) is 31.1 Å². The smallest absolute Gasteiger partial charge is 0.275 e. The minimum absolute atomic E-state index is 0.00588. The highest BCUT2D eigenvalue weighted by atomic mass is 16.2. The number of carbonyl (C=O) groups is 3. The lowest BCUT2D eigenvalue weighted by Crippen LogP contribution is -2.64. The maximum atomic E-state index is 13.9. The highest BCUT2D eigenvalue weighted by Gasteiger charge is 2.53. The van der Waals surface area contributed by atoms with Crippen LogP contribution in [-0.2, 0) is 17.9 Å². The zero-order valence-electron chi connectivity index (χ0n) is 22.5. The number of amides is 3. The first-order chi connectivity index (χ1) is 18.8. The van der Waals surface area contributed by atoms with Crippen LogP contribution in [0.5, 0.6) is 0 Å². The average Bonchev–Trinajstić information content (AvgIpc) is 3.70. The maximum absolute atomic E-state index is 13.9. The molecule has 2 aliphatic heterocycles. The molecule has 1 atom stereocenters. The number of hydrogen-bond acceptors (Lipinski definition) is 5. The number of aromatic nitrogens is 2. The van der Waals surface area contributed by atoms with Crippen LogP contribution in [0.1, 0.15) is 51.9 Å². The molecule has 3 heterocycles. The van der Waals surface area contributed by atoms with Gasteiger partial charge in [0.2, 0.25) is 5.91 Å². The van der Waals surface area contributed by atoms with Gasteiger partial charge in [-0.05, 0) is 44.4 Å². The summed E-state index contributed by atoms with van der Waals surface area (Å²) in [6.45, 7) is 7.03. The van der Waals surface area contributed by atoms with Gasteiger partial charge < -0.3 is 24.6 Å². The van der Waals surface area contributed by atoms with Crippen LogP contribution in [0, 0.1) is 6.92 Å². The minimum atomic E-state index is -1.07. The van der Waals surface area contributed by atoms with Gasteiger partial charge in [0.25, 0.3) is 11.8 Å². The number of para-hydroxylation sites is 1. The van der Waals surface area contributed by atoms with E-state index in [-0.39, 0.29) is 36.0 Å². The maximum Gasteiger partial charge on any atom is 0.275 e. The SMILES string of the molecule is Cc1ccc(CNC(=O)[C@@]2(C)Cn3cnc(C(=O)N4CCN(c5ccccc5)CC4)c3C(=O)N2C2CC2)cc1. The number of piperazine rings is 1. The number of carbonyl (C=O) groups excluding carboxylic acids is 3. The molecule has 202 valence electrons. The normalized spacial score (nSPS) is 21.1. The summed E-state index contributed by atoms with van der Waals surface area (Å²) < 4.78 is 1.69. The molecule has 9 heteroatoms. The number of benzene rings is 2. The molecule has 0 bridgehead atoms. The highest BCUT2D eigenvalue weighted by molar-refractivity contribution is 6.07. The topological polar surface area (TPSA) is 90.8 Å². The van der Waals surface area contributed by atoms with Gasteiger partial charge in [0.1, 0.15) is 11.2 Å². The van der Waals surface area contributed by atoms with E-state index < -0.39 is 5.54 Å². The number of fused-ring (bicyclic) bond motifs is 1. The summed E-state index contributed by atoms with van der Waals surface area (Å²) >= 11 is 0. The highest BCUT2D eigenvalue weighted by Crippen LogP contribution is 2.39. The lowest BCUT2D eigenvalue weighted by Gasteiger charge is -2.44. The minimum Gasteiger partial charge on any atom is -0.368 e. The Morgan fingerprint density at radius 1 is 1.00 bits per heavy atom. The van der Waals surface area contributed by atoms with Crippen molar-refractivity contribution in [3.8, 4) is 0 Å². The van der Waals surface area contributed by atoms with Crippen molar-refractivity contribution in [1.82, 2.24) is 24.7 Å². The average molecular weight is 527 g/mol. The fourth-order valence-electron chi connectivity index (χ4n) is 5.75. The van der Waals surface area contributed by atoms with Crippen molar-refractivity contribution in [2.24, 2.45) is 0 Å².